The summed E-state index contributed by atoms with van der Waals surface area (Å²) in [7, 11) is 0. The van der Waals surface area contributed by atoms with E-state index >= 15 is 0 Å². The summed E-state index contributed by atoms with van der Waals surface area (Å²) < 4.78 is 0.841. The van der Waals surface area contributed by atoms with Crippen LogP contribution in [0.15, 0.2) is 48.5 Å². The molecule has 5 heteroatoms. The van der Waals surface area contributed by atoms with Crippen LogP contribution in [0.5, 0.6) is 0 Å². The topological polar surface area (TPSA) is 55.2 Å². The number of nitrogens with zero attached hydrogens (tertiary/aromatic N) is 1. The number of nitrogens with one attached hydrogen (secondary N) is 1. The number of nitro groups is 1. The molecule has 86 valence electrons. The molecule has 0 aliphatic heterocycles. The van der Waals surface area contributed by atoms with Crippen molar-refractivity contribution >= 4 is 39.7 Å². The highest BCUT2D eigenvalue weighted by atomic mass is 127. The number of rotatable bonds is 3. The van der Waals surface area contributed by atoms with Crippen LogP contribution in [0.4, 0.5) is 17.1 Å². The normalized spacial score (nSPS) is 9.94. The monoisotopic (exact) mass is 340 g/mol. The molecule has 17 heavy (non-hydrogen) atoms. The van der Waals surface area contributed by atoms with E-state index in [2.05, 4.69) is 27.9 Å². The minimum atomic E-state index is -0.382. The zero-order chi connectivity index (χ0) is 12.3. The molecule has 0 aromatic heterocycles. The Hall–Kier alpha value is -1.63. The number of anilines is 2. The Morgan fingerprint density at radius 1 is 1.12 bits per heavy atom. The van der Waals surface area contributed by atoms with Gasteiger partial charge in [-0.1, -0.05) is 18.2 Å². The van der Waals surface area contributed by atoms with Gasteiger partial charge in [0, 0.05) is 15.3 Å². The van der Waals surface area contributed by atoms with Gasteiger partial charge in [-0.25, -0.2) is 0 Å². The van der Waals surface area contributed by atoms with Crippen molar-refractivity contribution in [3.63, 3.8) is 0 Å². The lowest BCUT2D eigenvalue weighted by molar-refractivity contribution is -0.384. The van der Waals surface area contributed by atoms with Crippen LogP contribution >= 0.6 is 22.6 Å². The standard InChI is InChI=1S/C12H9IN2O2/c13-9-6-7-11(12(8-9)15(16)17)14-10-4-2-1-3-5-10/h1-8,14H. The second-order valence-electron chi connectivity index (χ2n) is 3.41. The SMILES string of the molecule is O=[N+]([O-])c1cc(I)ccc1Nc1ccccc1. The van der Waals surface area contributed by atoms with Crippen LogP contribution in [-0.4, -0.2) is 4.92 Å². The maximum absolute atomic E-state index is 10.9. The largest absolute Gasteiger partial charge is 0.350 e. The molecule has 0 bridgehead atoms. The molecule has 0 fully saturated rings. The molecule has 0 aliphatic rings. The van der Waals surface area contributed by atoms with E-state index in [9.17, 15) is 10.1 Å². The van der Waals surface area contributed by atoms with Gasteiger partial charge >= 0.3 is 0 Å². The molecule has 0 atom stereocenters. The van der Waals surface area contributed by atoms with Crippen molar-refractivity contribution < 1.29 is 4.92 Å². The lowest BCUT2D eigenvalue weighted by Gasteiger charge is -2.06. The van der Waals surface area contributed by atoms with Gasteiger partial charge in [0.2, 0.25) is 0 Å². The van der Waals surface area contributed by atoms with Crippen LogP contribution in [-0.2, 0) is 0 Å². The molecule has 0 aliphatic carbocycles. The molecule has 0 radical (unpaired) electrons. The van der Waals surface area contributed by atoms with Gasteiger partial charge in [0.05, 0.1) is 4.92 Å². The molecule has 2 aromatic carbocycles. The van der Waals surface area contributed by atoms with E-state index < -0.39 is 0 Å². The van der Waals surface area contributed by atoms with Gasteiger partial charge in [0.25, 0.3) is 5.69 Å². The zero-order valence-electron chi connectivity index (χ0n) is 8.76. The summed E-state index contributed by atoms with van der Waals surface area (Å²) in [6.45, 7) is 0. The molecule has 2 aromatic rings. The van der Waals surface area contributed by atoms with E-state index in [-0.39, 0.29) is 10.6 Å². The number of benzene rings is 2. The van der Waals surface area contributed by atoms with Gasteiger partial charge in [-0.05, 0) is 46.9 Å². The molecule has 0 heterocycles. The van der Waals surface area contributed by atoms with E-state index in [1.165, 1.54) is 0 Å². The van der Waals surface area contributed by atoms with Crippen LogP contribution in [0.25, 0.3) is 0 Å². The maximum Gasteiger partial charge on any atom is 0.293 e. The Labute approximate surface area is 112 Å². The van der Waals surface area contributed by atoms with Crippen molar-refractivity contribution in [2.75, 3.05) is 5.32 Å². The quantitative estimate of drug-likeness (QED) is 0.523. The maximum atomic E-state index is 10.9. The van der Waals surface area contributed by atoms with Crippen molar-refractivity contribution in [1.82, 2.24) is 0 Å². The van der Waals surface area contributed by atoms with Gasteiger partial charge in [0.15, 0.2) is 0 Å². The molecule has 0 spiro atoms. The average molecular weight is 340 g/mol. The van der Waals surface area contributed by atoms with Crippen LogP contribution < -0.4 is 5.32 Å². The molecule has 0 saturated carbocycles. The van der Waals surface area contributed by atoms with Crippen molar-refractivity contribution in [3.8, 4) is 0 Å². The highest BCUT2D eigenvalue weighted by molar-refractivity contribution is 14.1. The summed E-state index contributed by atoms with van der Waals surface area (Å²) in [5.41, 5.74) is 1.42. The Bertz CT molecular complexity index is 543. The Morgan fingerprint density at radius 2 is 1.82 bits per heavy atom. The zero-order valence-corrected chi connectivity index (χ0v) is 10.9. The average Bonchev–Trinajstić information content (AvgIpc) is 2.32. The number of hydrogen-bond donors (Lipinski definition) is 1. The van der Waals surface area contributed by atoms with Crippen LogP contribution in [0.2, 0.25) is 0 Å². The molecule has 0 unspecified atom stereocenters. The predicted molar refractivity (Wildman–Crippen MR) is 75.5 cm³/mol. The van der Waals surface area contributed by atoms with Crippen molar-refractivity contribution in [3.05, 3.63) is 62.2 Å². The second kappa shape index (κ2) is 5.13. The Morgan fingerprint density at radius 3 is 2.47 bits per heavy atom. The minimum absolute atomic E-state index is 0.0840. The summed E-state index contributed by atoms with van der Waals surface area (Å²) in [5, 5.41) is 14.0. The summed E-state index contributed by atoms with van der Waals surface area (Å²) in [4.78, 5) is 10.5. The molecular formula is C12H9IN2O2. The number of halogens is 1. The van der Waals surface area contributed by atoms with Crippen molar-refractivity contribution in [1.29, 1.82) is 0 Å². The highest BCUT2D eigenvalue weighted by Gasteiger charge is 2.13. The molecular weight excluding hydrogens is 331 g/mol. The molecule has 1 N–H and O–H groups in total. The molecule has 0 saturated heterocycles. The summed E-state index contributed by atoms with van der Waals surface area (Å²) in [6.07, 6.45) is 0. The number of para-hydroxylation sites is 1. The van der Waals surface area contributed by atoms with E-state index in [0.717, 1.165) is 9.26 Å². The first-order valence-corrected chi connectivity index (χ1v) is 6.01. The lowest BCUT2D eigenvalue weighted by atomic mass is 10.2. The molecule has 2 rings (SSSR count). The summed E-state index contributed by atoms with van der Waals surface area (Å²) >= 11 is 2.05. The van der Waals surface area contributed by atoms with Crippen LogP contribution in [0.3, 0.4) is 0 Å². The highest BCUT2D eigenvalue weighted by Crippen LogP contribution is 2.28. The van der Waals surface area contributed by atoms with Crippen molar-refractivity contribution in [2.24, 2.45) is 0 Å². The fraction of sp³-hybridized carbons (Fsp3) is 0. The lowest BCUT2D eigenvalue weighted by Crippen LogP contribution is -1.97. The fourth-order valence-corrected chi connectivity index (χ4v) is 1.91. The van der Waals surface area contributed by atoms with Gasteiger partial charge in [-0.3, -0.25) is 10.1 Å². The Kier molecular flexibility index (Phi) is 3.58. The fourth-order valence-electron chi connectivity index (χ4n) is 1.44. The van der Waals surface area contributed by atoms with Crippen LogP contribution in [0, 0.1) is 13.7 Å². The van der Waals surface area contributed by atoms with E-state index in [1.54, 1.807) is 12.1 Å². The second-order valence-corrected chi connectivity index (χ2v) is 4.66. The van der Waals surface area contributed by atoms with Gasteiger partial charge in [-0.15, -0.1) is 0 Å². The predicted octanol–water partition coefficient (Wildman–Crippen LogP) is 3.94. The van der Waals surface area contributed by atoms with Crippen LogP contribution in [0.1, 0.15) is 0 Å². The third-order valence-electron chi connectivity index (χ3n) is 2.21. The third-order valence-corrected chi connectivity index (χ3v) is 2.88. The minimum Gasteiger partial charge on any atom is -0.350 e. The van der Waals surface area contributed by atoms with E-state index in [1.807, 2.05) is 36.4 Å². The number of hydrogen-bond acceptors (Lipinski definition) is 3. The molecule has 0 amide bonds. The van der Waals surface area contributed by atoms with E-state index in [0.29, 0.717) is 5.69 Å². The Balaban J connectivity index is 2.36. The van der Waals surface area contributed by atoms with E-state index in [4.69, 9.17) is 0 Å². The molecule has 4 nitrogen and oxygen atoms in total. The number of nitro benzene ring substituents is 1. The first kappa shape index (κ1) is 11.8. The smallest absolute Gasteiger partial charge is 0.293 e. The van der Waals surface area contributed by atoms with Gasteiger partial charge in [0.1, 0.15) is 5.69 Å². The van der Waals surface area contributed by atoms with Crippen molar-refractivity contribution in [2.45, 2.75) is 0 Å². The summed E-state index contributed by atoms with van der Waals surface area (Å²) in [6, 6.07) is 14.5. The van der Waals surface area contributed by atoms with Gasteiger partial charge in [-0.2, -0.15) is 0 Å². The third kappa shape index (κ3) is 2.94. The first-order valence-electron chi connectivity index (χ1n) is 4.93. The van der Waals surface area contributed by atoms with Gasteiger partial charge < -0.3 is 5.32 Å². The summed E-state index contributed by atoms with van der Waals surface area (Å²) in [5.74, 6) is 0. The first-order chi connectivity index (χ1) is 8.16.